The average molecular weight is 481 g/mol. The van der Waals surface area contributed by atoms with Crippen LogP contribution in [-0.2, 0) is 4.79 Å². The van der Waals surface area contributed by atoms with Crippen LogP contribution < -0.4 is 15.5 Å². The van der Waals surface area contributed by atoms with Gasteiger partial charge in [0.05, 0.1) is 0 Å². The van der Waals surface area contributed by atoms with Crippen molar-refractivity contribution in [2.24, 2.45) is 0 Å². The van der Waals surface area contributed by atoms with Crippen LogP contribution in [0, 0.1) is 0 Å². The van der Waals surface area contributed by atoms with E-state index in [4.69, 9.17) is 23.8 Å². The summed E-state index contributed by atoms with van der Waals surface area (Å²) in [6.07, 6.45) is 0.547. The highest BCUT2D eigenvalue weighted by molar-refractivity contribution is 7.80. The molecule has 0 unspecified atom stereocenters. The van der Waals surface area contributed by atoms with E-state index in [1.54, 1.807) is 18.2 Å². The summed E-state index contributed by atoms with van der Waals surface area (Å²) in [7, 11) is 0. The molecule has 1 heterocycles. The fourth-order valence-corrected chi connectivity index (χ4v) is 4.44. The quantitative estimate of drug-likeness (QED) is 0.531. The number of hydrogen-bond donors (Lipinski definition) is 2. The van der Waals surface area contributed by atoms with Gasteiger partial charge in [-0.3, -0.25) is 14.9 Å². The molecule has 0 aromatic heterocycles. The van der Waals surface area contributed by atoms with Crippen molar-refractivity contribution in [3.63, 3.8) is 0 Å². The Morgan fingerprint density at radius 2 is 1.61 bits per heavy atom. The lowest BCUT2D eigenvalue weighted by atomic mass is 10.0. The van der Waals surface area contributed by atoms with Crippen molar-refractivity contribution >= 4 is 62.9 Å². The van der Waals surface area contributed by atoms with Gasteiger partial charge in [-0.15, -0.1) is 0 Å². The molecular weight excluding hydrogens is 456 g/mol. The highest BCUT2D eigenvalue weighted by Gasteiger charge is 2.20. The Balaban J connectivity index is 1.35. The van der Waals surface area contributed by atoms with Crippen molar-refractivity contribution < 1.29 is 9.59 Å². The summed E-state index contributed by atoms with van der Waals surface area (Å²) in [5, 5.41) is 8.22. The van der Waals surface area contributed by atoms with E-state index < -0.39 is 0 Å². The fourth-order valence-electron chi connectivity index (χ4n) is 4.00. The number of thiocarbonyl (C=S) groups is 1. The minimum Gasteiger partial charge on any atom is -0.368 e. The van der Waals surface area contributed by atoms with Gasteiger partial charge in [0, 0.05) is 59.9 Å². The molecule has 3 aromatic carbocycles. The van der Waals surface area contributed by atoms with Gasteiger partial charge >= 0.3 is 0 Å². The monoisotopic (exact) mass is 480 g/mol. The largest absolute Gasteiger partial charge is 0.368 e. The van der Waals surface area contributed by atoms with Gasteiger partial charge in [0.2, 0.25) is 5.91 Å². The van der Waals surface area contributed by atoms with Gasteiger partial charge in [-0.25, -0.2) is 0 Å². The molecule has 2 N–H and O–H groups in total. The number of anilines is 2. The van der Waals surface area contributed by atoms with Crippen LogP contribution >= 0.6 is 23.8 Å². The minimum atomic E-state index is -0.295. The second-order valence-corrected chi connectivity index (χ2v) is 8.63. The van der Waals surface area contributed by atoms with Gasteiger partial charge in [0.15, 0.2) is 5.11 Å². The van der Waals surface area contributed by atoms with Gasteiger partial charge < -0.3 is 15.1 Å². The first kappa shape index (κ1) is 23.0. The lowest BCUT2D eigenvalue weighted by Gasteiger charge is -2.36. The molecule has 1 aliphatic heterocycles. The van der Waals surface area contributed by atoms with Crippen molar-refractivity contribution in [1.29, 1.82) is 0 Å². The fraction of sp³-hybridized carbons (Fsp3) is 0.240. The van der Waals surface area contributed by atoms with Gasteiger partial charge in [0.1, 0.15) is 0 Å². The zero-order valence-electron chi connectivity index (χ0n) is 18.3. The number of carbonyl (C=O) groups is 2. The first-order valence-electron chi connectivity index (χ1n) is 10.9. The molecule has 4 rings (SSSR count). The highest BCUT2D eigenvalue weighted by atomic mass is 35.5. The predicted molar refractivity (Wildman–Crippen MR) is 138 cm³/mol. The Hall–Kier alpha value is -3.16. The van der Waals surface area contributed by atoms with Crippen LogP contribution in [0.1, 0.15) is 23.7 Å². The maximum Gasteiger partial charge on any atom is 0.258 e. The Labute approximate surface area is 203 Å². The van der Waals surface area contributed by atoms with Crippen molar-refractivity contribution in [3.05, 3.63) is 71.2 Å². The molecule has 0 atom stereocenters. The maximum absolute atomic E-state index is 12.8. The SMILES string of the molecule is CCC(=O)N1CCN(c2ccc(NC(=S)NC(=O)c3cccc4c(Cl)cccc34)cc2)CC1. The third kappa shape index (κ3) is 5.26. The maximum atomic E-state index is 12.8. The van der Waals surface area contributed by atoms with Crippen LogP contribution in [0.4, 0.5) is 11.4 Å². The van der Waals surface area contributed by atoms with E-state index in [2.05, 4.69) is 15.5 Å². The summed E-state index contributed by atoms with van der Waals surface area (Å²) in [4.78, 5) is 28.8. The van der Waals surface area contributed by atoms with E-state index in [9.17, 15) is 9.59 Å². The molecule has 1 aliphatic rings. The van der Waals surface area contributed by atoms with E-state index in [0.29, 0.717) is 17.0 Å². The number of carbonyl (C=O) groups excluding carboxylic acids is 2. The molecule has 0 radical (unpaired) electrons. The Morgan fingerprint density at radius 3 is 2.30 bits per heavy atom. The molecule has 3 aromatic rings. The second-order valence-electron chi connectivity index (χ2n) is 7.82. The highest BCUT2D eigenvalue weighted by Crippen LogP contribution is 2.26. The number of piperazine rings is 1. The molecular formula is C25H25ClN4O2S. The molecule has 2 amide bonds. The Kier molecular flexibility index (Phi) is 7.11. The molecule has 0 spiro atoms. The summed E-state index contributed by atoms with van der Waals surface area (Å²) in [5.74, 6) is -0.0900. The lowest BCUT2D eigenvalue weighted by Crippen LogP contribution is -2.48. The van der Waals surface area contributed by atoms with Gasteiger partial charge in [0.25, 0.3) is 5.91 Å². The number of nitrogens with zero attached hydrogens (tertiary/aromatic N) is 2. The summed E-state index contributed by atoms with van der Waals surface area (Å²) >= 11 is 11.6. The van der Waals surface area contributed by atoms with Gasteiger partial charge in [-0.05, 0) is 54.0 Å². The summed E-state index contributed by atoms with van der Waals surface area (Å²) < 4.78 is 0. The molecule has 0 aliphatic carbocycles. The smallest absolute Gasteiger partial charge is 0.258 e. The number of nitrogens with one attached hydrogen (secondary N) is 2. The summed E-state index contributed by atoms with van der Waals surface area (Å²) in [5.41, 5.74) is 2.38. The zero-order chi connectivity index (χ0) is 23.4. The van der Waals surface area contributed by atoms with E-state index in [-0.39, 0.29) is 16.9 Å². The topological polar surface area (TPSA) is 64.7 Å². The standard InChI is InChI=1S/C25H25ClN4O2S/c1-2-23(31)30-15-13-29(14-16-30)18-11-9-17(10-12-18)27-25(33)28-24(32)21-7-3-6-20-19(21)5-4-8-22(20)26/h3-12H,2,13-16H2,1H3,(H2,27,28,32,33). The predicted octanol–water partition coefficient (Wildman–Crippen LogP) is 4.68. The zero-order valence-corrected chi connectivity index (χ0v) is 19.9. The molecule has 8 heteroatoms. The number of hydrogen-bond acceptors (Lipinski definition) is 4. The number of benzene rings is 3. The lowest BCUT2D eigenvalue weighted by molar-refractivity contribution is -0.131. The third-order valence-electron chi connectivity index (χ3n) is 5.77. The third-order valence-corrected chi connectivity index (χ3v) is 6.30. The first-order chi connectivity index (χ1) is 16.0. The molecule has 0 bridgehead atoms. The number of halogens is 1. The van der Waals surface area contributed by atoms with Gasteiger partial charge in [-0.1, -0.05) is 42.8 Å². The summed E-state index contributed by atoms with van der Waals surface area (Å²) in [6, 6.07) is 18.8. The molecule has 33 heavy (non-hydrogen) atoms. The number of rotatable bonds is 4. The molecule has 1 fully saturated rings. The molecule has 0 saturated carbocycles. The van der Waals surface area contributed by atoms with E-state index >= 15 is 0 Å². The van der Waals surface area contributed by atoms with E-state index in [1.165, 1.54) is 0 Å². The molecule has 1 saturated heterocycles. The van der Waals surface area contributed by atoms with Crippen molar-refractivity contribution in [1.82, 2.24) is 10.2 Å². The van der Waals surface area contributed by atoms with Crippen LogP contribution in [0.5, 0.6) is 0 Å². The normalized spacial score (nSPS) is 13.6. The van der Waals surface area contributed by atoms with Crippen LogP contribution in [0.15, 0.2) is 60.7 Å². The van der Waals surface area contributed by atoms with Crippen LogP contribution in [-0.4, -0.2) is 48.0 Å². The minimum absolute atomic E-state index is 0.205. The second kappa shape index (κ2) is 10.2. The average Bonchev–Trinajstić information content (AvgIpc) is 2.84. The Morgan fingerprint density at radius 1 is 0.939 bits per heavy atom. The van der Waals surface area contributed by atoms with Gasteiger partial charge in [-0.2, -0.15) is 0 Å². The van der Waals surface area contributed by atoms with E-state index in [1.807, 2.05) is 54.3 Å². The van der Waals surface area contributed by atoms with Crippen molar-refractivity contribution in [2.75, 3.05) is 36.4 Å². The van der Waals surface area contributed by atoms with Crippen molar-refractivity contribution in [2.45, 2.75) is 13.3 Å². The Bertz CT molecular complexity index is 1190. The first-order valence-corrected chi connectivity index (χ1v) is 11.7. The number of amides is 2. The van der Waals surface area contributed by atoms with Crippen molar-refractivity contribution in [3.8, 4) is 0 Å². The van der Waals surface area contributed by atoms with Crippen LogP contribution in [0.2, 0.25) is 5.02 Å². The van der Waals surface area contributed by atoms with E-state index in [0.717, 1.165) is 48.3 Å². The summed E-state index contributed by atoms with van der Waals surface area (Å²) in [6.45, 7) is 4.99. The van der Waals surface area contributed by atoms with Crippen LogP contribution in [0.25, 0.3) is 10.8 Å². The molecule has 6 nitrogen and oxygen atoms in total. The number of fused-ring (bicyclic) bond motifs is 1. The molecule has 170 valence electrons. The van der Waals surface area contributed by atoms with Crippen LogP contribution in [0.3, 0.4) is 0 Å².